The summed E-state index contributed by atoms with van der Waals surface area (Å²) in [6, 6.07) is 0. The van der Waals surface area contributed by atoms with Crippen LogP contribution < -0.4 is 11.3 Å². The van der Waals surface area contributed by atoms with Crippen LogP contribution in [0.15, 0.2) is 15.5 Å². The van der Waals surface area contributed by atoms with Crippen LogP contribution in [0.5, 0.6) is 0 Å². The second-order valence-electron chi connectivity index (χ2n) is 4.80. The molecule has 2 N–H and O–H groups in total. The predicted molar refractivity (Wildman–Crippen MR) is 75.8 cm³/mol. The summed E-state index contributed by atoms with van der Waals surface area (Å²) in [4.78, 5) is 12.0. The molecule has 0 aromatic carbocycles. The minimum atomic E-state index is -0.00552. The smallest absolute Gasteiger partial charge is 0.265 e. The third-order valence-corrected chi connectivity index (χ3v) is 4.39. The first kappa shape index (κ1) is 13.6. The fraction of sp³-hybridized carbons (Fsp3) is 0.615. The minimum absolute atomic E-state index is 0.00552. The zero-order chi connectivity index (χ0) is 13.1. The third kappa shape index (κ3) is 2.95. The van der Waals surface area contributed by atoms with Gasteiger partial charge in [0.1, 0.15) is 0 Å². The molecule has 1 aromatic rings. The van der Waals surface area contributed by atoms with E-state index in [4.69, 9.17) is 10.5 Å². The predicted octanol–water partition coefficient (Wildman–Crippen LogP) is 2.46. The Labute approximate surface area is 115 Å². The van der Waals surface area contributed by atoms with E-state index in [9.17, 15) is 4.79 Å². The van der Waals surface area contributed by atoms with Crippen LogP contribution in [0, 0.1) is 6.92 Å². The second-order valence-corrected chi connectivity index (χ2v) is 5.59. The highest BCUT2D eigenvalue weighted by Crippen LogP contribution is 2.19. The number of hydrogen-bond donors (Lipinski definition) is 1. The number of pyridine rings is 1. The van der Waals surface area contributed by atoms with Crippen molar-refractivity contribution >= 4 is 21.6 Å². The summed E-state index contributed by atoms with van der Waals surface area (Å²) < 4.78 is 7.82. The van der Waals surface area contributed by atoms with E-state index < -0.39 is 0 Å². The van der Waals surface area contributed by atoms with Crippen LogP contribution in [0.25, 0.3) is 0 Å². The lowest BCUT2D eigenvalue weighted by atomic mass is 10.1. The Morgan fingerprint density at radius 1 is 1.61 bits per heavy atom. The van der Waals surface area contributed by atoms with Crippen LogP contribution in [0.2, 0.25) is 0 Å². The average molecular weight is 315 g/mol. The molecule has 1 aromatic heterocycles. The van der Waals surface area contributed by atoms with Crippen molar-refractivity contribution in [2.24, 2.45) is 0 Å². The molecule has 0 aliphatic carbocycles. The van der Waals surface area contributed by atoms with Crippen LogP contribution in [0.1, 0.15) is 31.2 Å². The summed E-state index contributed by atoms with van der Waals surface area (Å²) in [7, 11) is 0. The van der Waals surface area contributed by atoms with Gasteiger partial charge in [-0.15, -0.1) is 0 Å². The molecule has 2 heterocycles. The van der Waals surface area contributed by atoms with Gasteiger partial charge in [0.15, 0.2) is 0 Å². The van der Waals surface area contributed by atoms with Gasteiger partial charge in [-0.2, -0.15) is 0 Å². The highest BCUT2D eigenvalue weighted by Gasteiger charge is 2.15. The summed E-state index contributed by atoms with van der Waals surface area (Å²) in [5, 5.41) is 0. The molecule has 100 valence electrons. The number of halogens is 1. The summed E-state index contributed by atoms with van der Waals surface area (Å²) in [5.74, 6) is 0. The van der Waals surface area contributed by atoms with E-state index >= 15 is 0 Å². The Bertz CT molecular complexity index is 479. The van der Waals surface area contributed by atoms with Crippen molar-refractivity contribution in [3.05, 3.63) is 26.6 Å². The van der Waals surface area contributed by atoms with Crippen molar-refractivity contribution in [1.82, 2.24) is 4.57 Å². The van der Waals surface area contributed by atoms with Gasteiger partial charge in [0, 0.05) is 19.3 Å². The van der Waals surface area contributed by atoms with Crippen LogP contribution in [0.4, 0.5) is 5.69 Å². The molecule has 1 atom stereocenters. The van der Waals surface area contributed by atoms with Crippen LogP contribution in [0.3, 0.4) is 0 Å². The number of nitrogens with two attached hydrogens (primary N) is 1. The molecular weight excluding hydrogens is 296 g/mol. The molecule has 18 heavy (non-hydrogen) atoms. The summed E-state index contributed by atoms with van der Waals surface area (Å²) in [5.41, 5.74) is 7.33. The zero-order valence-electron chi connectivity index (χ0n) is 10.6. The van der Waals surface area contributed by atoms with E-state index in [0.717, 1.165) is 37.9 Å². The molecule has 4 nitrogen and oxygen atoms in total. The molecule has 1 aliphatic heterocycles. The molecule has 1 saturated heterocycles. The molecule has 1 aliphatic rings. The monoisotopic (exact) mass is 314 g/mol. The summed E-state index contributed by atoms with van der Waals surface area (Å²) >= 11 is 3.30. The fourth-order valence-electron chi connectivity index (χ4n) is 2.26. The van der Waals surface area contributed by atoms with E-state index in [-0.39, 0.29) is 5.56 Å². The Balaban J connectivity index is 1.99. The van der Waals surface area contributed by atoms with Crippen LogP contribution in [-0.4, -0.2) is 17.3 Å². The highest BCUT2D eigenvalue weighted by molar-refractivity contribution is 9.10. The number of nitrogen functional groups attached to an aromatic ring is 1. The van der Waals surface area contributed by atoms with Gasteiger partial charge in [-0.05, 0) is 54.1 Å². The molecule has 1 fully saturated rings. The molecule has 2 rings (SSSR count). The van der Waals surface area contributed by atoms with E-state index in [0.29, 0.717) is 22.8 Å². The van der Waals surface area contributed by atoms with Crippen LogP contribution in [-0.2, 0) is 11.3 Å². The lowest BCUT2D eigenvalue weighted by Gasteiger charge is -2.12. The quantitative estimate of drug-likeness (QED) is 0.928. The number of ether oxygens (including phenoxy) is 1. The minimum Gasteiger partial charge on any atom is -0.397 e. The maximum atomic E-state index is 12.0. The van der Waals surface area contributed by atoms with Gasteiger partial charge < -0.3 is 15.0 Å². The largest absolute Gasteiger partial charge is 0.397 e. The van der Waals surface area contributed by atoms with E-state index in [1.54, 1.807) is 10.8 Å². The van der Waals surface area contributed by atoms with Gasteiger partial charge in [0.25, 0.3) is 5.56 Å². The standard InChI is InChI=1S/C13H19BrN2O2/c1-9-11(15)8-16(13(17)12(9)14)6-2-4-10-5-3-7-18-10/h8,10H,2-7,15H2,1H3. The van der Waals surface area contributed by atoms with Crippen molar-refractivity contribution < 1.29 is 4.74 Å². The van der Waals surface area contributed by atoms with Gasteiger partial charge >= 0.3 is 0 Å². The molecule has 5 heteroatoms. The van der Waals surface area contributed by atoms with Gasteiger partial charge in [0.2, 0.25) is 0 Å². The Morgan fingerprint density at radius 3 is 3.06 bits per heavy atom. The van der Waals surface area contributed by atoms with Crippen molar-refractivity contribution in [3.8, 4) is 0 Å². The maximum Gasteiger partial charge on any atom is 0.265 e. The number of aryl methyl sites for hydroxylation is 1. The Hall–Kier alpha value is -0.810. The number of hydrogen-bond acceptors (Lipinski definition) is 3. The number of aromatic nitrogens is 1. The van der Waals surface area contributed by atoms with Gasteiger partial charge in [0.05, 0.1) is 16.3 Å². The first-order valence-corrected chi connectivity index (χ1v) is 7.15. The van der Waals surface area contributed by atoms with Crippen molar-refractivity contribution in [2.75, 3.05) is 12.3 Å². The van der Waals surface area contributed by atoms with Crippen molar-refractivity contribution in [3.63, 3.8) is 0 Å². The second kappa shape index (κ2) is 5.89. The molecule has 0 radical (unpaired) electrons. The molecular formula is C13H19BrN2O2. The Morgan fingerprint density at radius 2 is 2.39 bits per heavy atom. The molecule has 0 amide bonds. The third-order valence-electron chi connectivity index (χ3n) is 3.45. The van der Waals surface area contributed by atoms with E-state index in [1.807, 2.05) is 6.92 Å². The van der Waals surface area contributed by atoms with Gasteiger partial charge in [-0.25, -0.2) is 0 Å². The molecule has 0 saturated carbocycles. The lowest BCUT2D eigenvalue weighted by molar-refractivity contribution is 0.101. The fourth-order valence-corrected chi connectivity index (χ4v) is 2.72. The zero-order valence-corrected chi connectivity index (χ0v) is 12.2. The summed E-state index contributed by atoms with van der Waals surface area (Å²) in [6.07, 6.45) is 6.38. The van der Waals surface area contributed by atoms with E-state index in [2.05, 4.69) is 15.9 Å². The van der Waals surface area contributed by atoms with Crippen LogP contribution >= 0.6 is 15.9 Å². The van der Waals surface area contributed by atoms with Crippen molar-refractivity contribution in [2.45, 2.75) is 45.3 Å². The van der Waals surface area contributed by atoms with Crippen molar-refractivity contribution in [1.29, 1.82) is 0 Å². The number of rotatable bonds is 4. The van der Waals surface area contributed by atoms with E-state index in [1.165, 1.54) is 0 Å². The lowest BCUT2D eigenvalue weighted by Crippen LogP contribution is -2.23. The number of anilines is 1. The normalized spacial score (nSPS) is 19.3. The average Bonchev–Trinajstić information content (AvgIpc) is 2.86. The Kier molecular flexibility index (Phi) is 4.45. The summed E-state index contributed by atoms with van der Waals surface area (Å²) in [6.45, 7) is 3.42. The molecule has 0 spiro atoms. The van der Waals surface area contributed by atoms with Gasteiger partial charge in [-0.1, -0.05) is 0 Å². The number of nitrogens with zero attached hydrogens (tertiary/aromatic N) is 1. The first-order chi connectivity index (χ1) is 8.59. The highest BCUT2D eigenvalue weighted by atomic mass is 79.9. The molecule has 0 bridgehead atoms. The van der Waals surface area contributed by atoms with Gasteiger partial charge in [-0.3, -0.25) is 4.79 Å². The molecule has 1 unspecified atom stereocenters. The first-order valence-electron chi connectivity index (χ1n) is 6.36. The topological polar surface area (TPSA) is 57.2 Å². The maximum absolute atomic E-state index is 12.0. The SMILES string of the molecule is Cc1c(N)cn(CCCC2CCCO2)c(=O)c1Br.